The number of aromatic nitrogens is 3. The lowest BCUT2D eigenvalue weighted by molar-refractivity contribution is 0.210. The molecule has 0 fully saturated rings. The predicted molar refractivity (Wildman–Crippen MR) is 98.4 cm³/mol. The Morgan fingerprint density at radius 1 is 1.00 bits per heavy atom. The van der Waals surface area contributed by atoms with Crippen LogP contribution in [0.1, 0.15) is 0 Å². The first-order valence-corrected chi connectivity index (χ1v) is 8.09. The van der Waals surface area contributed by atoms with E-state index in [2.05, 4.69) is 15.4 Å². The van der Waals surface area contributed by atoms with Crippen molar-refractivity contribution in [3.63, 3.8) is 0 Å². The molecule has 138 valence electrons. The molecule has 8 nitrogen and oxygen atoms in total. The zero-order valence-corrected chi connectivity index (χ0v) is 15.3. The highest BCUT2D eigenvalue weighted by Gasteiger charge is 2.16. The average molecular weight is 358 g/mol. The molecule has 0 aliphatic rings. The normalized spacial score (nSPS) is 10.8. The number of fused-ring (bicyclic) bond motifs is 1. The number of hydrogen-bond acceptors (Lipinski definition) is 7. The van der Waals surface area contributed by atoms with Crippen molar-refractivity contribution in [2.24, 2.45) is 0 Å². The van der Waals surface area contributed by atoms with Gasteiger partial charge in [0, 0.05) is 19.2 Å². The van der Waals surface area contributed by atoms with Gasteiger partial charge in [-0.2, -0.15) is 0 Å². The summed E-state index contributed by atoms with van der Waals surface area (Å²) >= 11 is 0. The highest BCUT2D eigenvalue weighted by atomic mass is 16.5. The maximum absolute atomic E-state index is 5.44. The topological polar surface area (TPSA) is 79.1 Å². The summed E-state index contributed by atoms with van der Waals surface area (Å²) in [6.45, 7) is 1.27. The van der Waals surface area contributed by atoms with E-state index in [0.717, 1.165) is 22.7 Å². The Kier molecular flexibility index (Phi) is 5.43. The Bertz CT molecular complexity index is 869. The van der Waals surface area contributed by atoms with Crippen molar-refractivity contribution < 1.29 is 18.9 Å². The van der Waals surface area contributed by atoms with E-state index in [1.807, 2.05) is 24.3 Å². The molecular weight excluding hydrogens is 336 g/mol. The molecule has 2 heterocycles. The zero-order chi connectivity index (χ0) is 18.5. The minimum Gasteiger partial charge on any atom is -0.493 e. The van der Waals surface area contributed by atoms with Gasteiger partial charge in [0.05, 0.1) is 39.8 Å². The molecule has 0 amide bonds. The second-order valence-electron chi connectivity index (χ2n) is 5.47. The second kappa shape index (κ2) is 7.92. The first kappa shape index (κ1) is 17.8. The van der Waals surface area contributed by atoms with Crippen molar-refractivity contribution in [3.8, 4) is 28.5 Å². The summed E-state index contributed by atoms with van der Waals surface area (Å²) in [5, 5.41) is 7.83. The van der Waals surface area contributed by atoms with Crippen molar-refractivity contribution in [2.75, 3.05) is 46.9 Å². The van der Waals surface area contributed by atoms with Gasteiger partial charge < -0.3 is 24.3 Å². The Labute approximate surface area is 151 Å². The molecule has 0 saturated heterocycles. The number of rotatable bonds is 8. The van der Waals surface area contributed by atoms with Gasteiger partial charge in [-0.1, -0.05) is 0 Å². The molecule has 0 spiro atoms. The van der Waals surface area contributed by atoms with Crippen LogP contribution in [0, 0.1) is 0 Å². The Hall–Kier alpha value is -3.00. The fraction of sp³-hybridized carbons (Fsp3) is 0.333. The summed E-state index contributed by atoms with van der Waals surface area (Å²) in [5.74, 6) is 2.43. The van der Waals surface area contributed by atoms with Crippen LogP contribution in [0.4, 0.5) is 5.82 Å². The summed E-state index contributed by atoms with van der Waals surface area (Å²) in [5.41, 5.74) is 2.41. The van der Waals surface area contributed by atoms with Crippen LogP contribution >= 0.6 is 0 Å². The number of methoxy groups -OCH3 is 4. The Balaban J connectivity index is 2.05. The molecule has 3 aromatic rings. The van der Waals surface area contributed by atoms with Crippen LogP contribution in [0.25, 0.3) is 16.9 Å². The number of hydrogen-bond donors (Lipinski definition) is 1. The molecule has 0 unspecified atom stereocenters. The van der Waals surface area contributed by atoms with E-state index in [9.17, 15) is 0 Å². The molecule has 0 aliphatic heterocycles. The second-order valence-corrected chi connectivity index (χ2v) is 5.47. The fourth-order valence-electron chi connectivity index (χ4n) is 2.67. The van der Waals surface area contributed by atoms with Crippen LogP contribution in [-0.2, 0) is 4.74 Å². The molecule has 1 N–H and O–H groups in total. The van der Waals surface area contributed by atoms with Crippen molar-refractivity contribution in [2.45, 2.75) is 0 Å². The first-order valence-electron chi connectivity index (χ1n) is 8.09. The van der Waals surface area contributed by atoms with E-state index >= 15 is 0 Å². The monoisotopic (exact) mass is 358 g/mol. The molecule has 0 atom stereocenters. The van der Waals surface area contributed by atoms with Crippen LogP contribution in [0.3, 0.4) is 0 Å². The SMILES string of the molecule is COCCNc1ccc2ncc(-c3cc(OC)c(OC)c(OC)c3)n2n1. The van der Waals surface area contributed by atoms with Gasteiger partial charge in [-0.15, -0.1) is 5.10 Å². The summed E-state index contributed by atoms with van der Waals surface area (Å²) in [4.78, 5) is 4.42. The Morgan fingerprint density at radius 3 is 2.35 bits per heavy atom. The van der Waals surface area contributed by atoms with Gasteiger partial charge in [-0.05, 0) is 24.3 Å². The van der Waals surface area contributed by atoms with Gasteiger partial charge in [0.15, 0.2) is 17.1 Å². The van der Waals surface area contributed by atoms with E-state index in [-0.39, 0.29) is 0 Å². The highest BCUT2D eigenvalue weighted by Crippen LogP contribution is 2.41. The Morgan fingerprint density at radius 2 is 1.73 bits per heavy atom. The molecule has 1 aromatic carbocycles. The quantitative estimate of drug-likeness (QED) is 0.620. The van der Waals surface area contributed by atoms with Crippen LogP contribution in [0.2, 0.25) is 0 Å². The third-order valence-electron chi connectivity index (χ3n) is 3.94. The summed E-state index contributed by atoms with van der Waals surface area (Å²) in [7, 11) is 6.42. The number of imidazole rings is 1. The molecule has 8 heteroatoms. The largest absolute Gasteiger partial charge is 0.493 e. The lowest BCUT2D eigenvalue weighted by atomic mass is 10.1. The lowest BCUT2D eigenvalue weighted by Gasteiger charge is -2.14. The van der Waals surface area contributed by atoms with Gasteiger partial charge in [0.1, 0.15) is 5.82 Å². The molecule has 3 rings (SSSR count). The smallest absolute Gasteiger partial charge is 0.203 e. The molecular formula is C18H22N4O4. The number of nitrogens with one attached hydrogen (secondary N) is 1. The molecule has 0 saturated carbocycles. The van der Waals surface area contributed by atoms with E-state index in [1.165, 1.54) is 0 Å². The third-order valence-corrected chi connectivity index (χ3v) is 3.94. The van der Waals surface area contributed by atoms with Gasteiger partial charge in [-0.3, -0.25) is 0 Å². The minimum absolute atomic E-state index is 0.544. The van der Waals surface area contributed by atoms with Crippen molar-refractivity contribution in [1.29, 1.82) is 0 Å². The third kappa shape index (κ3) is 3.36. The minimum atomic E-state index is 0.544. The number of ether oxygens (including phenoxy) is 4. The molecule has 0 bridgehead atoms. The molecule has 0 radical (unpaired) electrons. The fourth-order valence-corrected chi connectivity index (χ4v) is 2.67. The number of nitrogens with zero attached hydrogens (tertiary/aromatic N) is 3. The van der Waals surface area contributed by atoms with Crippen LogP contribution in [-0.4, -0.2) is 56.2 Å². The molecule has 2 aromatic heterocycles. The first-order chi connectivity index (χ1) is 12.7. The van der Waals surface area contributed by atoms with E-state index in [1.54, 1.807) is 39.2 Å². The van der Waals surface area contributed by atoms with Gasteiger partial charge in [0.2, 0.25) is 5.75 Å². The highest BCUT2D eigenvalue weighted by molar-refractivity contribution is 5.70. The maximum Gasteiger partial charge on any atom is 0.203 e. The average Bonchev–Trinajstić information content (AvgIpc) is 3.10. The van der Waals surface area contributed by atoms with Gasteiger partial charge in [-0.25, -0.2) is 9.50 Å². The van der Waals surface area contributed by atoms with Crippen molar-refractivity contribution >= 4 is 11.5 Å². The summed E-state index contributed by atoms with van der Waals surface area (Å²) in [6, 6.07) is 7.54. The van der Waals surface area contributed by atoms with E-state index in [0.29, 0.717) is 30.4 Å². The maximum atomic E-state index is 5.44. The molecule has 26 heavy (non-hydrogen) atoms. The van der Waals surface area contributed by atoms with Crippen LogP contribution in [0.15, 0.2) is 30.5 Å². The van der Waals surface area contributed by atoms with Gasteiger partial charge >= 0.3 is 0 Å². The van der Waals surface area contributed by atoms with Crippen molar-refractivity contribution in [3.05, 3.63) is 30.5 Å². The summed E-state index contributed by atoms with van der Waals surface area (Å²) < 4.78 is 23.1. The van der Waals surface area contributed by atoms with E-state index in [4.69, 9.17) is 18.9 Å². The lowest BCUT2D eigenvalue weighted by Crippen LogP contribution is -2.10. The van der Waals surface area contributed by atoms with Crippen LogP contribution < -0.4 is 19.5 Å². The van der Waals surface area contributed by atoms with Crippen molar-refractivity contribution in [1.82, 2.24) is 14.6 Å². The van der Waals surface area contributed by atoms with Gasteiger partial charge in [0.25, 0.3) is 0 Å². The predicted octanol–water partition coefficient (Wildman–Crippen LogP) is 2.48. The zero-order valence-electron chi connectivity index (χ0n) is 15.3. The number of benzene rings is 1. The molecule has 0 aliphatic carbocycles. The standard InChI is InChI=1S/C18H22N4O4/c1-23-8-7-19-16-5-6-17-20-11-13(22(17)21-16)12-9-14(24-2)18(26-4)15(10-12)25-3/h5-6,9-11H,7-8H2,1-4H3,(H,19,21). The van der Waals surface area contributed by atoms with E-state index < -0.39 is 0 Å². The summed E-state index contributed by atoms with van der Waals surface area (Å²) in [6.07, 6.45) is 1.77. The number of anilines is 1. The van der Waals surface area contributed by atoms with Crippen LogP contribution in [0.5, 0.6) is 17.2 Å².